The number of hydrogen-bond acceptors (Lipinski definition) is 6. The summed E-state index contributed by atoms with van der Waals surface area (Å²) in [4.78, 5) is 36.1. The molecule has 1 aliphatic heterocycles. The number of pyridine rings is 1. The van der Waals surface area contributed by atoms with Crippen molar-refractivity contribution < 1.29 is 4.79 Å². The van der Waals surface area contributed by atoms with E-state index in [2.05, 4.69) is 25.7 Å². The molecule has 1 amide bonds. The van der Waals surface area contributed by atoms with Crippen LogP contribution in [0.5, 0.6) is 0 Å². The van der Waals surface area contributed by atoms with Crippen LogP contribution in [0.15, 0.2) is 28.0 Å². The lowest BCUT2D eigenvalue weighted by atomic mass is 10.1. The van der Waals surface area contributed by atoms with E-state index in [9.17, 15) is 9.59 Å². The Kier molecular flexibility index (Phi) is 9.71. The quantitative estimate of drug-likeness (QED) is 0.209. The highest BCUT2D eigenvalue weighted by atomic mass is 32.2. The number of rotatable bonds is 12. The van der Waals surface area contributed by atoms with Gasteiger partial charge in [-0.25, -0.2) is 4.98 Å². The Bertz CT molecular complexity index is 1120. The van der Waals surface area contributed by atoms with Crippen LogP contribution in [-0.2, 0) is 4.79 Å². The zero-order chi connectivity index (χ0) is 24.7. The normalized spacial score (nSPS) is 15.2. The molecule has 6 nitrogen and oxygen atoms in total. The molecule has 0 N–H and O–H groups in total. The van der Waals surface area contributed by atoms with Crippen LogP contribution in [0.1, 0.15) is 76.8 Å². The molecule has 0 spiro atoms. The molecule has 184 valence electrons. The van der Waals surface area contributed by atoms with Crippen LogP contribution < -0.4 is 10.5 Å². The van der Waals surface area contributed by atoms with Crippen molar-refractivity contribution in [3.05, 3.63) is 44.7 Å². The van der Waals surface area contributed by atoms with Crippen LogP contribution in [0.2, 0.25) is 0 Å². The summed E-state index contributed by atoms with van der Waals surface area (Å²) >= 11 is 6.81. The molecule has 3 heterocycles. The van der Waals surface area contributed by atoms with Gasteiger partial charge in [0.2, 0.25) is 0 Å². The van der Waals surface area contributed by atoms with Gasteiger partial charge in [-0.05, 0) is 43.9 Å². The number of carbonyl (C=O) groups is 1. The van der Waals surface area contributed by atoms with Crippen LogP contribution >= 0.6 is 24.0 Å². The first-order valence-corrected chi connectivity index (χ1v) is 13.7. The zero-order valence-electron chi connectivity index (χ0n) is 20.8. The highest BCUT2D eigenvalue weighted by Gasteiger charge is 2.32. The van der Waals surface area contributed by atoms with Crippen molar-refractivity contribution in [2.75, 3.05) is 24.5 Å². The highest BCUT2D eigenvalue weighted by molar-refractivity contribution is 8.26. The molecule has 3 rings (SSSR count). The van der Waals surface area contributed by atoms with Gasteiger partial charge in [0, 0.05) is 25.8 Å². The van der Waals surface area contributed by atoms with Gasteiger partial charge in [0.15, 0.2) is 0 Å². The van der Waals surface area contributed by atoms with Gasteiger partial charge in [-0.3, -0.25) is 18.9 Å². The first kappa shape index (κ1) is 26.4. The predicted molar refractivity (Wildman–Crippen MR) is 148 cm³/mol. The molecule has 1 saturated heterocycles. The molecule has 34 heavy (non-hydrogen) atoms. The number of nitrogens with zero attached hydrogens (tertiary/aromatic N) is 4. The van der Waals surface area contributed by atoms with E-state index < -0.39 is 0 Å². The lowest BCUT2D eigenvalue weighted by Gasteiger charge is -2.24. The Balaban J connectivity index is 2.01. The Morgan fingerprint density at radius 1 is 1.03 bits per heavy atom. The Labute approximate surface area is 212 Å². The summed E-state index contributed by atoms with van der Waals surface area (Å²) in [6, 6.07) is 3.83. The summed E-state index contributed by atoms with van der Waals surface area (Å²) in [5.41, 5.74) is 1.88. The molecule has 0 aliphatic carbocycles. The summed E-state index contributed by atoms with van der Waals surface area (Å²) in [6.45, 7) is 10.6. The predicted octanol–water partition coefficient (Wildman–Crippen LogP) is 5.80. The molecule has 2 aromatic rings. The first-order chi connectivity index (χ1) is 16.4. The minimum Gasteiger partial charge on any atom is -0.356 e. The number of carbonyl (C=O) groups excluding carboxylic acids is 1. The monoisotopic (exact) mass is 500 g/mol. The summed E-state index contributed by atoms with van der Waals surface area (Å²) in [6.07, 6.45) is 11.0. The largest absolute Gasteiger partial charge is 0.356 e. The fourth-order valence-electron chi connectivity index (χ4n) is 4.18. The van der Waals surface area contributed by atoms with Gasteiger partial charge in [-0.15, -0.1) is 0 Å². The lowest BCUT2D eigenvalue weighted by molar-refractivity contribution is -0.122. The van der Waals surface area contributed by atoms with Gasteiger partial charge >= 0.3 is 0 Å². The van der Waals surface area contributed by atoms with Crippen LogP contribution in [0, 0.1) is 6.92 Å². The molecule has 0 aromatic carbocycles. The Morgan fingerprint density at radius 2 is 1.74 bits per heavy atom. The van der Waals surface area contributed by atoms with Crippen LogP contribution in [0.25, 0.3) is 11.7 Å². The maximum absolute atomic E-state index is 13.6. The van der Waals surface area contributed by atoms with Gasteiger partial charge in [-0.2, -0.15) is 0 Å². The average molecular weight is 501 g/mol. The number of thiocarbonyl (C=S) groups is 1. The van der Waals surface area contributed by atoms with E-state index in [1.54, 1.807) is 21.6 Å². The number of aromatic nitrogens is 2. The third-order valence-corrected chi connectivity index (χ3v) is 7.28. The molecular weight excluding hydrogens is 464 g/mol. The summed E-state index contributed by atoms with van der Waals surface area (Å²) < 4.78 is 2.15. The van der Waals surface area contributed by atoms with Crippen molar-refractivity contribution in [3.8, 4) is 0 Å². The molecule has 0 saturated carbocycles. The first-order valence-electron chi connectivity index (χ1n) is 12.4. The van der Waals surface area contributed by atoms with E-state index in [1.165, 1.54) is 31.0 Å². The molecule has 0 bridgehead atoms. The number of fused-ring (bicyclic) bond motifs is 1. The lowest BCUT2D eigenvalue weighted by Crippen LogP contribution is -2.31. The second-order valence-electron chi connectivity index (χ2n) is 8.82. The van der Waals surface area contributed by atoms with Crippen molar-refractivity contribution in [2.45, 2.75) is 72.6 Å². The summed E-state index contributed by atoms with van der Waals surface area (Å²) in [5.74, 6) is 0.533. The van der Waals surface area contributed by atoms with Gasteiger partial charge in [0.25, 0.3) is 11.5 Å². The standard InChI is InChI=1S/C26H36N4O2S2/c1-5-8-9-10-11-16-29-25(32)21(34-26(29)33)17-20-23(28(14-6-2)15-7-3)27-22-13-12-19(4)18-30(22)24(20)31/h12-13,17-18H,5-11,14-16H2,1-4H3. The van der Waals surface area contributed by atoms with Gasteiger partial charge in [0.1, 0.15) is 15.8 Å². The van der Waals surface area contributed by atoms with Crippen molar-refractivity contribution in [2.24, 2.45) is 0 Å². The van der Waals surface area contributed by atoms with Gasteiger partial charge in [0.05, 0.1) is 10.5 Å². The maximum Gasteiger partial charge on any atom is 0.267 e. The minimum atomic E-state index is -0.161. The molecule has 0 radical (unpaired) electrons. The third-order valence-electron chi connectivity index (χ3n) is 5.91. The van der Waals surface area contributed by atoms with Crippen molar-refractivity contribution in [1.29, 1.82) is 0 Å². The summed E-state index contributed by atoms with van der Waals surface area (Å²) in [5, 5.41) is 0. The number of amides is 1. The van der Waals surface area contributed by atoms with Crippen molar-refractivity contribution in [1.82, 2.24) is 14.3 Å². The topological polar surface area (TPSA) is 57.9 Å². The van der Waals surface area contributed by atoms with E-state index in [-0.39, 0.29) is 11.5 Å². The summed E-state index contributed by atoms with van der Waals surface area (Å²) in [7, 11) is 0. The van der Waals surface area contributed by atoms with Crippen LogP contribution in [0.3, 0.4) is 0 Å². The second kappa shape index (κ2) is 12.5. The van der Waals surface area contributed by atoms with Crippen LogP contribution in [-0.4, -0.2) is 44.1 Å². The van der Waals surface area contributed by atoms with Crippen LogP contribution in [0.4, 0.5) is 5.82 Å². The SMILES string of the molecule is CCCCCCCN1C(=O)C(=Cc2c(N(CCC)CCC)nc3ccc(C)cn3c2=O)SC1=S. The number of unbranched alkanes of at least 4 members (excludes halogenated alkanes) is 4. The molecule has 1 aliphatic rings. The molecule has 0 atom stereocenters. The van der Waals surface area contributed by atoms with E-state index in [0.717, 1.165) is 44.3 Å². The smallest absolute Gasteiger partial charge is 0.267 e. The number of anilines is 1. The average Bonchev–Trinajstić information content (AvgIpc) is 3.08. The second-order valence-corrected chi connectivity index (χ2v) is 10.5. The van der Waals surface area contributed by atoms with Crippen molar-refractivity contribution >= 4 is 51.7 Å². The van der Waals surface area contributed by atoms with E-state index >= 15 is 0 Å². The number of thioether (sulfide) groups is 1. The number of hydrogen-bond donors (Lipinski definition) is 0. The molecule has 2 aromatic heterocycles. The fraction of sp³-hybridized carbons (Fsp3) is 0.538. The third kappa shape index (κ3) is 6.08. The Hall–Kier alpha value is -2.19. The van der Waals surface area contributed by atoms with Crippen molar-refractivity contribution in [3.63, 3.8) is 0 Å². The molecule has 8 heteroatoms. The molecular formula is C26H36N4O2S2. The van der Waals surface area contributed by atoms with Gasteiger partial charge in [-0.1, -0.05) is 76.5 Å². The minimum absolute atomic E-state index is 0.109. The van der Waals surface area contributed by atoms with E-state index in [1.807, 2.05) is 19.1 Å². The number of aryl methyl sites for hydroxylation is 1. The highest BCUT2D eigenvalue weighted by Crippen LogP contribution is 2.34. The maximum atomic E-state index is 13.6. The van der Waals surface area contributed by atoms with Gasteiger partial charge < -0.3 is 4.90 Å². The molecule has 0 unspecified atom stereocenters. The molecule has 1 fully saturated rings. The Morgan fingerprint density at radius 3 is 2.41 bits per heavy atom. The fourth-order valence-corrected chi connectivity index (χ4v) is 5.47. The zero-order valence-corrected chi connectivity index (χ0v) is 22.4. The van der Waals surface area contributed by atoms with E-state index in [0.29, 0.717) is 32.8 Å². The van der Waals surface area contributed by atoms with E-state index in [4.69, 9.17) is 17.2 Å².